The largest absolute Gasteiger partial charge is 0.144 e. The predicted octanol–water partition coefficient (Wildman–Crippen LogP) is 15.1. The van der Waals surface area contributed by atoms with E-state index in [1.54, 1.807) is 11.1 Å². The van der Waals surface area contributed by atoms with E-state index >= 15 is 0 Å². The minimum Gasteiger partial charge on any atom is -0.144 e. The van der Waals surface area contributed by atoms with Gasteiger partial charge in [0, 0.05) is 14.8 Å². The van der Waals surface area contributed by atoms with Crippen LogP contribution in [0.5, 0.6) is 0 Å². The zero-order valence-corrected chi connectivity index (χ0v) is 29.9. The molecular formula is C41H59BrS. The summed E-state index contributed by atoms with van der Waals surface area (Å²) in [4.78, 5) is 1.40. The molecule has 0 N–H and O–H groups in total. The van der Waals surface area contributed by atoms with Crippen molar-refractivity contribution in [2.75, 3.05) is 0 Å². The highest BCUT2D eigenvalue weighted by Gasteiger charge is 2.42. The topological polar surface area (TPSA) is 0 Å². The molecule has 3 aromatic rings. The summed E-state index contributed by atoms with van der Waals surface area (Å²) in [7, 11) is 0. The number of benzene rings is 2. The molecule has 0 amide bonds. The van der Waals surface area contributed by atoms with E-state index in [-0.39, 0.29) is 5.41 Å². The van der Waals surface area contributed by atoms with Crippen molar-refractivity contribution >= 4 is 27.3 Å². The average Bonchev–Trinajstić information content (AvgIpc) is 3.65. The van der Waals surface area contributed by atoms with Crippen molar-refractivity contribution < 1.29 is 0 Å². The van der Waals surface area contributed by atoms with Crippen molar-refractivity contribution in [2.24, 2.45) is 0 Å². The molecule has 0 unspecified atom stereocenters. The Morgan fingerprint density at radius 3 is 1.49 bits per heavy atom. The minimum atomic E-state index is 0.141. The summed E-state index contributed by atoms with van der Waals surface area (Å²) in [6.45, 7) is 4.62. The number of fused-ring (bicyclic) bond motifs is 3. The van der Waals surface area contributed by atoms with Crippen LogP contribution in [-0.4, -0.2) is 0 Å². The van der Waals surface area contributed by atoms with Gasteiger partial charge in [0.1, 0.15) is 0 Å². The summed E-state index contributed by atoms with van der Waals surface area (Å²) in [5.41, 5.74) is 7.71. The van der Waals surface area contributed by atoms with Gasteiger partial charge in [-0.15, -0.1) is 11.3 Å². The maximum atomic E-state index is 3.87. The fraction of sp³-hybridized carbons (Fsp3) is 0.610. The SMILES string of the molecule is CCCCCCCCCCCCC1(CCCCCCCCCCCC)c2cc(Br)ccc2-c2ccc(-c3cccs3)cc21. The zero-order valence-electron chi connectivity index (χ0n) is 27.5. The molecule has 1 aromatic heterocycles. The Labute approximate surface area is 277 Å². The molecule has 0 spiro atoms. The van der Waals surface area contributed by atoms with E-state index in [0.29, 0.717) is 0 Å². The van der Waals surface area contributed by atoms with E-state index in [1.807, 2.05) is 11.3 Å². The van der Waals surface area contributed by atoms with Crippen LogP contribution in [-0.2, 0) is 5.41 Å². The first-order valence-corrected chi connectivity index (χ1v) is 19.9. The van der Waals surface area contributed by atoms with Crippen LogP contribution in [0.4, 0.5) is 0 Å². The lowest BCUT2D eigenvalue weighted by atomic mass is 9.70. The van der Waals surface area contributed by atoms with Gasteiger partial charge in [0.25, 0.3) is 0 Å². The van der Waals surface area contributed by atoms with Gasteiger partial charge in [0.05, 0.1) is 0 Å². The molecule has 236 valence electrons. The predicted molar refractivity (Wildman–Crippen MR) is 197 cm³/mol. The van der Waals surface area contributed by atoms with E-state index in [4.69, 9.17) is 0 Å². The normalized spacial score (nSPS) is 13.4. The fourth-order valence-electron chi connectivity index (χ4n) is 7.56. The van der Waals surface area contributed by atoms with Crippen molar-refractivity contribution in [3.05, 3.63) is 69.5 Å². The van der Waals surface area contributed by atoms with Crippen molar-refractivity contribution in [3.63, 3.8) is 0 Å². The van der Waals surface area contributed by atoms with Gasteiger partial charge in [-0.05, 0) is 70.3 Å². The molecule has 0 bridgehead atoms. The van der Waals surface area contributed by atoms with E-state index < -0.39 is 0 Å². The van der Waals surface area contributed by atoms with E-state index in [0.717, 1.165) is 0 Å². The van der Waals surface area contributed by atoms with Crippen LogP contribution in [0.1, 0.15) is 166 Å². The lowest BCUT2D eigenvalue weighted by molar-refractivity contribution is 0.397. The second-order valence-corrected chi connectivity index (χ2v) is 15.2. The van der Waals surface area contributed by atoms with Crippen LogP contribution >= 0.6 is 27.3 Å². The van der Waals surface area contributed by atoms with Crippen LogP contribution in [0.3, 0.4) is 0 Å². The molecule has 0 aliphatic heterocycles. The van der Waals surface area contributed by atoms with Gasteiger partial charge in [-0.3, -0.25) is 0 Å². The first-order chi connectivity index (χ1) is 21.2. The molecule has 43 heavy (non-hydrogen) atoms. The van der Waals surface area contributed by atoms with Gasteiger partial charge in [-0.25, -0.2) is 0 Å². The standard InChI is InChI=1S/C41H59BrS/c1-3-5-7-9-11-13-15-17-19-21-29-41(30-22-20-18-16-14-12-10-8-6-4-2)38-32-34(40-24-23-31-43-40)25-27-36(38)37-28-26-35(42)33-39(37)41/h23-28,31-33H,3-22,29-30H2,1-2H3. The number of thiophene rings is 1. The molecule has 0 radical (unpaired) electrons. The Hall–Kier alpha value is -1.38. The van der Waals surface area contributed by atoms with Gasteiger partial charge in [0.2, 0.25) is 0 Å². The molecule has 0 atom stereocenters. The third-order valence-corrected chi connectivity index (χ3v) is 11.5. The summed E-state index contributed by atoms with van der Waals surface area (Å²) < 4.78 is 1.23. The van der Waals surface area contributed by atoms with Crippen molar-refractivity contribution in [2.45, 2.75) is 161 Å². The van der Waals surface area contributed by atoms with Crippen LogP contribution in [0.2, 0.25) is 0 Å². The van der Waals surface area contributed by atoms with Crippen LogP contribution in [0, 0.1) is 0 Å². The third-order valence-electron chi connectivity index (χ3n) is 10.0. The van der Waals surface area contributed by atoms with Gasteiger partial charge in [-0.2, -0.15) is 0 Å². The molecule has 1 heterocycles. The molecule has 0 fully saturated rings. The molecule has 0 nitrogen and oxygen atoms in total. The van der Waals surface area contributed by atoms with E-state index in [9.17, 15) is 0 Å². The first kappa shape index (κ1) is 34.5. The summed E-state index contributed by atoms with van der Waals surface area (Å²) in [5.74, 6) is 0. The highest BCUT2D eigenvalue weighted by molar-refractivity contribution is 9.10. The summed E-state index contributed by atoms with van der Waals surface area (Å²) in [6, 6.07) is 19.0. The quantitative estimate of drug-likeness (QED) is 0.0886. The minimum absolute atomic E-state index is 0.141. The number of rotatable bonds is 23. The first-order valence-electron chi connectivity index (χ1n) is 18.2. The van der Waals surface area contributed by atoms with Crippen LogP contribution in [0.15, 0.2) is 58.4 Å². The summed E-state index contributed by atoms with van der Waals surface area (Å²) in [5, 5.41) is 2.22. The molecule has 1 aliphatic rings. The van der Waals surface area contributed by atoms with Crippen molar-refractivity contribution in [1.29, 1.82) is 0 Å². The highest BCUT2D eigenvalue weighted by atomic mass is 79.9. The van der Waals surface area contributed by atoms with E-state index in [2.05, 4.69) is 83.7 Å². The van der Waals surface area contributed by atoms with Gasteiger partial charge in [0.15, 0.2) is 0 Å². The van der Waals surface area contributed by atoms with Crippen molar-refractivity contribution in [3.8, 4) is 21.6 Å². The molecule has 0 saturated heterocycles. The number of hydrogen-bond acceptors (Lipinski definition) is 1. The second kappa shape index (κ2) is 19.2. The Morgan fingerprint density at radius 1 is 0.535 bits per heavy atom. The average molecular weight is 664 g/mol. The maximum Gasteiger partial charge on any atom is 0.0342 e. The number of hydrogen-bond donors (Lipinski definition) is 0. The summed E-state index contributed by atoms with van der Waals surface area (Å²) in [6.07, 6.45) is 30.6. The number of halogens is 1. The Kier molecular flexibility index (Phi) is 15.4. The smallest absolute Gasteiger partial charge is 0.0342 e. The second-order valence-electron chi connectivity index (χ2n) is 13.4. The Balaban J connectivity index is 1.44. The maximum absolute atomic E-state index is 3.87. The molecular weight excluding hydrogens is 604 g/mol. The van der Waals surface area contributed by atoms with Crippen LogP contribution < -0.4 is 0 Å². The third kappa shape index (κ3) is 10.1. The van der Waals surface area contributed by atoms with E-state index in [1.165, 1.54) is 167 Å². The van der Waals surface area contributed by atoms with Gasteiger partial charge >= 0.3 is 0 Å². The van der Waals surface area contributed by atoms with Gasteiger partial charge in [-0.1, -0.05) is 182 Å². The summed E-state index contributed by atoms with van der Waals surface area (Å²) >= 11 is 5.74. The zero-order chi connectivity index (χ0) is 30.2. The molecule has 2 aromatic carbocycles. The van der Waals surface area contributed by atoms with Gasteiger partial charge < -0.3 is 0 Å². The molecule has 4 rings (SSSR count). The molecule has 2 heteroatoms. The highest BCUT2D eigenvalue weighted by Crippen LogP contribution is 2.55. The van der Waals surface area contributed by atoms with Crippen LogP contribution in [0.25, 0.3) is 21.6 Å². The lowest BCUT2D eigenvalue weighted by Crippen LogP contribution is -2.25. The molecule has 1 aliphatic carbocycles. The number of unbranched alkanes of at least 4 members (excludes halogenated alkanes) is 18. The van der Waals surface area contributed by atoms with Crippen molar-refractivity contribution in [1.82, 2.24) is 0 Å². The Morgan fingerprint density at radius 2 is 1.00 bits per heavy atom. The molecule has 0 saturated carbocycles. The fourth-order valence-corrected chi connectivity index (χ4v) is 8.64. The monoisotopic (exact) mass is 662 g/mol. The lowest BCUT2D eigenvalue weighted by Gasteiger charge is -2.33. The Bertz CT molecular complexity index is 1150.